The van der Waals surface area contributed by atoms with Gasteiger partial charge in [-0.2, -0.15) is 15.0 Å². The van der Waals surface area contributed by atoms with E-state index in [1.165, 1.54) is 0 Å². The molecule has 2 aromatic heterocycles. The van der Waals surface area contributed by atoms with Crippen LogP contribution in [0, 0.1) is 0 Å². The van der Waals surface area contributed by atoms with Crippen LogP contribution in [0.15, 0.2) is 23.9 Å². The smallest absolute Gasteiger partial charge is 0.242 e. The number of rotatable bonds is 6. The van der Waals surface area contributed by atoms with Gasteiger partial charge in [-0.05, 0) is 6.42 Å². The molecule has 0 bridgehead atoms. The normalized spacial score (nSPS) is 10.6. The van der Waals surface area contributed by atoms with Crippen molar-refractivity contribution >= 4 is 17.7 Å². The molecule has 8 heteroatoms. The van der Waals surface area contributed by atoms with E-state index in [1.807, 2.05) is 0 Å². The number of nitrogens with two attached hydrogens (primary N) is 1. The third kappa shape index (κ3) is 3.17. The summed E-state index contributed by atoms with van der Waals surface area (Å²) in [6.07, 6.45) is 7.35. The molecule has 2 aromatic rings. The van der Waals surface area contributed by atoms with Gasteiger partial charge in [0.2, 0.25) is 11.9 Å². The molecule has 0 radical (unpaired) electrons. The first-order chi connectivity index (χ1) is 8.83. The van der Waals surface area contributed by atoms with E-state index in [1.54, 1.807) is 35.0 Å². The second kappa shape index (κ2) is 6.31. The van der Waals surface area contributed by atoms with Crippen LogP contribution in [-0.2, 0) is 0 Å². The molecule has 0 fully saturated rings. The van der Waals surface area contributed by atoms with E-state index in [-0.39, 0.29) is 0 Å². The van der Waals surface area contributed by atoms with Crippen molar-refractivity contribution in [3.05, 3.63) is 18.7 Å². The molecule has 0 atom stereocenters. The van der Waals surface area contributed by atoms with Crippen molar-refractivity contribution in [3.63, 3.8) is 0 Å². The average Bonchev–Trinajstić information content (AvgIpc) is 2.92. The van der Waals surface area contributed by atoms with Crippen molar-refractivity contribution in [1.29, 1.82) is 0 Å². The highest BCUT2D eigenvalue weighted by Crippen LogP contribution is 2.17. The Kier molecular flexibility index (Phi) is 4.48. The lowest BCUT2D eigenvalue weighted by atomic mass is 10.4. The minimum Gasteiger partial charge on any atom is -0.292 e. The fourth-order valence-electron chi connectivity index (χ4n) is 1.28. The molecular weight excluding hydrogens is 250 g/mol. The monoisotopic (exact) mass is 265 g/mol. The van der Waals surface area contributed by atoms with Crippen molar-refractivity contribution < 1.29 is 0 Å². The van der Waals surface area contributed by atoms with Gasteiger partial charge in [0.25, 0.3) is 0 Å². The third-order valence-corrected chi connectivity index (χ3v) is 3.13. The molecular formula is C10H15N7S. The maximum atomic E-state index is 5.36. The molecule has 2 rings (SSSR count). The maximum absolute atomic E-state index is 5.36. The van der Waals surface area contributed by atoms with E-state index < -0.39 is 0 Å². The van der Waals surface area contributed by atoms with Crippen LogP contribution in [-0.4, -0.2) is 30.3 Å². The van der Waals surface area contributed by atoms with Crippen molar-refractivity contribution in [2.24, 2.45) is 5.84 Å². The van der Waals surface area contributed by atoms with Gasteiger partial charge in [0.15, 0.2) is 5.16 Å². The van der Waals surface area contributed by atoms with Gasteiger partial charge in [-0.25, -0.2) is 10.8 Å². The predicted octanol–water partition coefficient (Wildman–Crippen LogP) is 1.24. The molecule has 3 N–H and O–H groups in total. The van der Waals surface area contributed by atoms with Crippen LogP contribution in [0.2, 0.25) is 0 Å². The van der Waals surface area contributed by atoms with Crippen LogP contribution < -0.4 is 11.3 Å². The number of unbranched alkanes of at least 4 members (excludes halogenated alkanes) is 1. The van der Waals surface area contributed by atoms with Crippen LogP contribution >= 0.6 is 11.8 Å². The molecule has 18 heavy (non-hydrogen) atoms. The molecule has 0 saturated heterocycles. The van der Waals surface area contributed by atoms with Gasteiger partial charge in [0.05, 0.1) is 0 Å². The Morgan fingerprint density at radius 3 is 2.94 bits per heavy atom. The second-order valence-electron chi connectivity index (χ2n) is 3.56. The molecule has 96 valence electrons. The lowest BCUT2D eigenvalue weighted by molar-refractivity contribution is 0.821. The number of nitrogens with one attached hydrogen (secondary N) is 1. The molecule has 0 aliphatic carbocycles. The van der Waals surface area contributed by atoms with Gasteiger partial charge in [-0.15, -0.1) is 0 Å². The number of hydrogen-bond acceptors (Lipinski definition) is 7. The lowest BCUT2D eigenvalue weighted by Gasteiger charge is -2.06. The Morgan fingerprint density at radius 2 is 2.28 bits per heavy atom. The number of nitrogen functional groups attached to an aromatic ring is 1. The SMILES string of the molecule is CCCCSc1nc(NN)nc(-n2ccnc2)n1. The minimum absolute atomic E-state index is 0.354. The van der Waals surface area contributed by atoms with Crippen molar-refractivity contribution in [2.45, 2.75) is 24.9 Å². The fourth-order valence-corrected chi connectivity index (χ4v) is 2.19. The van der Waals surface area contributed by atoms with Crippen LogP contribution in [0.25, 0.3) is 5.95 Å². The topological polar surface area (TPSA) is 94.5 Å². The summed E-state index contributed by atoms with van der Waals surface area (Å²) in [5, 5.41) is 0.662. The average molecular weight is 265 g/mol. The third-order valence-electron chi connectivity index (χ3n) is 2.20. The summed E-state index contributed by atoms with van der Waals surface area (Å²) in [4.78, 5) is 16.7. The summed E-state index contributed by atoms with van der Waals surface area (Å²) in [6, 6.07) is 0. The van der Waals surface area contributed by atoms with Crippen LogP contribution in [0.3, 0.4) is 0 Å². The fraction of sp³-hybridized carbons (Fsp3) is 0.400. The molecule has 0 spiro atoms. The van der Waals surface area contributed by atoms with Crippen LogP contribution in [0.5, 0.6) is 0 Å². The van der Waals surface area contributed by atoms with Crippen LogP contribution in [0.4, 0.5) is 5.95 Å². The van der Waals surface area contributed by atoms with Crippen LogP contribution in [0.1, 0.15) is 19.8 Å². The van der Waals surface area contributed by atoms with Gasteiger partial charge in [0.1, 0.15) is 6.33 Å². The summed E-state index contributed by atoms with van der Waals surface area (Å²) in [6.45, 7) is 2.15. The second-order valence-corrected chi connectivity index (χ2v) is 4.62. The van der Waals surface area contributed by atoms with E-state index >= 15 is 0 Å². The largest absolute Gasteiger partial charge is 0.292 e. The first-order valence-electron chi connectivity index (χ1n) is 5.67. The molecule has 2 heterocycles. The summed E-state index contributed by atoms with van der Waals surface area (Å²) in [5.74, 6) is 7.20. The number of hydrogen-bond donors (Lipinski definition) is 2. The molecule has 0 aliphatic rings. The Labute approximate surface area is 109 Å². The van der Waals surface area contributed by atoms with Crippen molar-refractivity contribution in [1.82, 2.24) is 24.5 Å². The number of imidazole rings is 1. The zero-order chi connectivity index (χ0) is 12.8. The molecule has 0 saturated carbocycles. The van der Waals surface area contributed by atoms with E-state index in [0.29, 0.717) is 17.1 Å². The number of aromatic nitrogens is 5. The molecule has 0 aliphatic heterocycles. The molecule has 7 nitrogen and oxygen atoms in total. The van der Waals surface area contributed by atoms with Gasteiger partial charge in [-0.1, -0.05) is 25.1 Å². The van der Waals surface area contributed by atoms with Gasteiger partial charge < -0.3 is 0 Å². The van der Waals surface area contributed by atoms with E-state index in [0.717, 1.165) is 18.6 Å². The first-order valence-corrected chi connectivity index (χ1v) is 6.66. The summed E-state index contributed by atoms with van der Waals surface area (Å²) < 4.78 is 1.71. The summed E-state index contributed by atoms with van der Waals surface area (Å²) in [7, 11) is 0. The van der Waals surface area contributed by atoms with E-state index in [4.69, 9.17) is 5.84 Å². The standard InChI is InChI=1S/C10H15N7S/c1-2-3-6-18-10-14-8(16-11)13-9(15-10)17-5-4-12-7-17/h4-5,7H,2-3,6,11H2,1H3,(H,13,14,15,16). The maximum Gasteiger partial charge on any atom is 0.242 e. The Balaban J connectivity index is 2.22. The Bertz CT molecular complexity index is 485. The summed E-state index contributed by atoms with van der Waals surface area (Å²) in [5.41, 5.74) is 2.45. The lowest BCUT2D eigenvalue weighted by Crippen LogP contribution is -2.13. The van der Waals surface area contributed by atoms with Crippen molar-refractivity contribution in [3.8, 4) is 5.95 Å². The highest BCUT2D eigenvalue weighted by molar-refractivity contribution is 7.99. The zero-order valence-electron chi connectivity index (χ0n) is 10.1. The predicted molar refractivity (Wildman–Crippen MR) is 70.4 cm³/mol. The van der Waals surface area contributed by atoms with E-state index in [9.17, 15) is 0 Å². The Morgan fingerprint density at radius 1 is 1.39 bits per heavy atom. The van der Waals surface area contributed by atoms with Gasteiger partial charge in [0, 0.05) is 18.1 Å². The van der Waals surface area contributed by atoms with Gasteiger partial charge in [-0.3, -0.25) is 9.99 Å². The molecule has 0 amide bonds. The highest BCUT2D eigenvalue weighted by Gasteiger charge is 2.07. The highest BCUT2D eigenvalue weighted by atomic mass is 32.2. The number of anilines is 1. The quantitative estimate of drug-likeness (QED) is 0.351. The molecule has 0 unspecified atom stereocenters. The number of thioether (sulfide) groups is 1. The first kappa shape index (κ1) is 12.8. The minimum atomic E-state index is 0.354. The molecule has 0 aromatic carbocycles. The summed E-state index contributed by atoms with van der Waals surface area (Å²) >= 11 is 1.59. The zero-order valence-corrected chi connectivity index (χ0v) is 10.9. The van der Waals surface area contributed by atoms with Gasteiger partial charge >= 0.3 is 0 Å². The van der Waals surface area contributed by atoms with Crippen molar-refractivity contribution in [2.75, 3.05) is 11.2 Å². The van der Waals surface area contributed by atoms with E-state index in [2.05, 4.69) is 32.3 Å². The number of nitrogens with zero attached hydrogens (tertiary/aromatic N) is 5. The Hall–Kier alpha value is -1.67. The number of hydrazine groups is 1.